The van der Waals surface area contributed by atoms with Crippen molar-refractivity contribution in [3.63, 3.8) is 0 Å². The van der Waals surface area contributed by atoms with Crippen molar-refractivity contribution < 1.29 is 19.4 Å². The molecule has 1 saturated carbocycles. The van der Waals surface area contributed by atoms with Gasteiger partial charge in [0.25, 0.3) is 0 Å². The maximum absolute atomic E-state index is 12.3. The van der Waals surface area contributed by atoms with Gasteiger partial charge in [-0.2, -0.15) is 0 Å². The summed E-state index contributed by atoms with van der Waals surface area (Å²) in [5.74, 6) is 0.567. The zero-order valence-corrected chi connectivity index (χ0v) is 20.6. The van der Waals surface area contributed by atoms with Crippen molar-refractivity contribution in [1.29, 1.82) is 0 Å². The first-order valence-corrected chi connectivity index (χ1v) is 13.1. The molecule has 2 N–H and O–H groups in total. The van der Waals surface area contributed by atoms with Crippen molar-refractivity contribution >= 4 is 11.8 Å². The van der Waals surface area contributed by atoms with E-state index < -0.39 is 12.0 Å². The topological polar surface area (TPSA) is 83.9 Å². The number of hydrogen-bond acceptors (Lipinski definition) is 6. The maximum atomic E-state index is 12.3. The fourth-order valence-corrected chi connectivity index (χ4v) is 5.63. The van der Waals surface area contributed by atoms with E-state index >= 15 is 0 Å². The number of pyridine rings is 1. The number of carbonyl (C=O) groups is 1. The van der Waals surface area contributed by atoms with Crippen molar-refractivity contribution in [3.8, 4) is 0 Å². The Balaban J connectivity index is 1.10. The van der Waals surface area contributed by atoms with Crippen LogP contribution in [0.25, 0.3) is 0 Å². The quantitative estimate of drug-likeness (QED) is 0.468. The molecule has 3 aliphatic rings. The number of methoxy groups -OCH3 is 1. The van der Waals surface area contributed by atoms with Crippen LogP contribution in [0.3, 0.4) is 0 Å². The highest BCUT2D eigenvalue weighted by atomic mass is 16.5. The lowest BCUT2D eigenvalue weighted by Crippen LogP contribution is -2.34. The van der Waals surface area contributed by atoms with Crippen LogP contribution in [0.2, 0.25) is 0 Å². The average molecular weight is 480 g/mol. The van der Waals surface area contributed by atoms with E-state index in [2.05, 4.69) is 28.4 Å². The molecule has 2 aromatic rings. The summed E-state index contributed by atoms with van der Waals surface area (Å²) in [4.78, 5) is 19.2. The van der Waals surface area contributed by atoms with E-state index in [1.54, 1.807) is 7.11 Å². The van der Waals surface area contributed by atoms with Crippen LogP contribution in [0.4, 0.5) is 5.82 Å². The third-order valence-electron chi connectivity index (χ3n) is 7.63. The lowest BCUT2D eigenvalue weighted by atomic mass is 9.96. The van der Waals surface area contributed by atoms with E-state index in [1.165, 1.54) is 12.0 Å². The molecule has 7 nitrogen and oxygen atoms in total. The van der Waals surface area contributed by atoms with Gasteiger partial charge in [-0.15, -0.1) is 0 Å². The van der Waals surface area contributed by atoms with Crippen LogP contribution in [0, 0.1) is 0 Å². The van der Waals surface area contributed by atoms with Crippen LogP contribution < -0.4 is 5.32 Å². The molecule has 2 aliphatic heterocycles. The second-order valence-electron chi connectivity index (χ2n) is 10.1. The summed E-state index contributed by atoms with van der Waals surface area (Å²) in [6, 6.07) is 11.7. The molecule has 0 amide bonds. The number of ether oxygens (including phenoxy) is 2. The first kappa shape index (κ1) is 24.2. The Morgan fingerprint density at radius 2 is 2.14 bits per heavy atom. The predicted molar refractivity (Wildman–Crippen MR) is 135 cm³/mol. The average Bonchev–Trinajstić information content (AvgIpc) is 3.53. The lowest BCUT2D eigenvalue weighted by Gasteiger charge is -2.26. The van der Waals surface area contributed by atoms with Gasteiger partial charge in [-0.05, 0) is 67.7 Å². The van der Waals surface area contributed by atoms with Gasteiger partial charge in [0.2, 0.25) is 0 Å². The molecule has 1 saturated heterocycles. The van der Waals surface area contributed by atoms with Gasteiger partial charge < -0.3 is 19.9 Å². The molecular formula is C28H37N3O4. The number of benzene rings is 1. The minimum absolute atomic E-state index is 0.0859. The van der Waals surface area contributed by atoms with Crippen LogP contribution in [0.15, 0.2) is 36.4 Å². The smallest absolute Gasteiger partial charge is 0.325 e. The van der Waals surface area contributed by atoms with E-state index in [0.717, 1.165) is 74.3 Å². The molecule has 2 fully saturated rings. The van der Waals surface area contributed by atoms with Crippen LogP contribution in [0.1, 0.15) is 66.4 Å². The van der Waals surface area contributed by atoms with Crippen molar-refractivity contribution in [2.45, 2.75) is 69.1 Å². The molecule has 3 unspecified atom stereocenters. The standard InChI is InChI=1S/C28H37N3O4/c1-34-25-17-24(25)22-9-2-3-10-23(22)26(28(32)33)31-15-13-21(18-31)35-16-5-4-8-20-12-11-19-7-6-14-29-27(19)30-20/h2-3,9-12,21,24-26H,4-8,13-18H2,1H3,(H,29,30)(H,32,33)/t21?,24?,25-,26?/m0/s1. The molecule has 188 valence electrons. The summed E-state index contributed by atoms with van der Waals surface area (Å²) in [6.07, 6.45) is 7.39. The van der Waals surface area contributed by atoms with Gasteiger partial charge in [0.05, 0.1) is 12.2 Å². The Hall–Kier alpha value is -2.48. The number of nitrogens with one attached hydrogen (secondary N) is 1. The Bertz CT molecular complexity index is 1030. The van der Waals surface area contributed by atoms with Gasteiger partial charge in [0.15, 0.2) is 0 Å². The van der Waals surface area contributed by atoms with Crippen molar-refractivity contribution in [3.05, 3.63) is 58.8 Å². The molecule has 5 rings (SSSR count). The highest BCUT2D eigenvalue weighted by Crippen LogP contribution is 2.46. The summed E-state index contributed by atoms with van der Waals surface area (Å²) < 4.78 is 11.7. The number of nitrogens with zero attached hydrogens (tertiary/aromatic N) is 2. The minimum atomic E-state index is -0.792. The minimum Gasteiger partial charge on any atom is -0.480 e. The number of likely N-dealkylation sites (tertiary alicyclic amines) is 1. The van der Waals surface area contributed by atoms with Gasteiger partial charge in [-0.1, -0.05) is 30.3 Å². The summed E-state index contributed by atoms with van der Waals surface area (Å²) >= 11 is 0. The second kappa shape index (κ2) is 11.1. The number of carboxylic acids is 1. The third-order valence-corrected chi connectivity index (χ3v) is 7.63. The first-order valence-electron chi connectivity index (χ1n) is 13.1. The Morgan fingerprint density at radius 1 is 1.26 bits per heavy atom. The summed E-state index contributed by atoms with van der Waals surface area (Å²) in [6.45, 7) is 3.11. The Kier molecular flexibility index (Phi) is 7.66. The summed E-state index contributed by atoms with van der Waals surface area (Å²) in [5, 5.41) is 13.5. The van der Waals surface area contributed by atoms with Crippen molar-refractivity contribution in [2.75, 3.05) is 38.7 Å². The molecule has 0 bridgehead atoms. The predicted octanol–water partition coefficient (Wildman–Crippen LogP) is 4.18. The number of unbranched alkanes of at least 4 members (excludes halogenated alkanes) is 1. The number of fused-ring (bicyclic) bond motifs is 1. The SMILES string of the molecule is CO[C@H]1CC1c1ccccc1C(C(=O)O)N1CCC(OCCCCc2ccc3c(n2)NCCC3)C1. The molecular weight excluding hydrogens is 442 g/mol. The number of aliphatic carboxylic acids is 1. The van der Waals surface area contributed by atoms with Crippen LogP contribution in [-0.4, -0.2) is 66.5 Å². The van der Waals surface area contributed by atoms with Gasteiger partial charge in [-0.25, -0.2) is 4.98 Å². The van der Waals surface area contributed by atoms with Crippen LogP contribution in [0.5, 0.6) is 0 Å². The van der Waals surface area contributed by atoms with Crippen LogP contribution >= 0.6 is 0 Å². The number of hydrogen-bond donors (Lipinski definition) is 2. The number of anilines is 1. The summed E-state index contributed by atoms with van der Waals surface area (Å²) in [5.41, 5.74) is 4.48. The third kappa shape index (κ3) is 5.68. The molecule has 35 heavy (non-hydrogen) atoms. The maximum Gasteiger partial charge on any atom is 0.325 e. The Labute approximate surface area is 207 Å². The van der Waals surface area contributed by atoms with E-state index in [1.807, 2.05) is 18.2 Å². The molecule has 1 aromatic heterocycles. The summed E-state index contributed by atoms with van der Waals surface area (Å²) in [7, 11) is 1.73. The van der Waals surface area contributed by atoms with Gasteiger partial charge >= 0.3 is 5.97 Å². The van der Waals surface area contributed by atoms with Crippen molar-refractivity contribution in [1.82, 2.24) is 9.88 Å². The van der Waals surface area contributed by atoms with E-state index in [9.17, 15) is 9.90 Å². The van der Waals surface area contributed by atoms with E-state index in [0.29, 0.717) is 19.1 Å². The number of rotatable bonds is 11. The van der Waals surface area contributed by atoms with E-state index in [4.69, 9.17) is 14.5 Å². The second-order valence-corrected chi connectivity index (χ2v) is 10.1. The zero-order valence-electron chi connectivity index (χ0n) is 20.6. The van der Waals surface area contributed by atoms with Gasteiger partial charge in [0.1, 0.15) is 11.9 Å². The molecule has 3 heterocycles. The van der Waals surface area contributed by atoms with Gasteiger partial charge in [0, 0.05) is 45.0 Å². The fourth-order valence-electron chi connectivity index (χ4n) is 5.63. The highest BCUT2D eigenvalue weighted by molar-refractivity contribution is 5.76. The normalized spacial score (nSPS) is 24.5. The molecule has 0 spiro atoms. The number of aryl methyl sites for hydroxylation is 2. The number of carboxylic acid groups (broad SMARTS) is 1. The zero-order chi connectivity index (χ0) is 24.2. The lowest BCUT2D eigenvalue weighted by molar-refractivity contribution is -0.143. The molecule has 0 radical (unpaired) electrons. The van der Waals surface area contributed by atoms with Gasteiger partial charge in [-0.3, -0.25) is 9.69 Å². The monoisotopic (exact) mass is 479 g/mol. The number of aromatic nitrogens is 1. The molecule has 1 aromatic carbocycles. The van der Waals surface area contributed by atoms with Crippen LogP contribution in [-0.2, 0) is 27.1 Å². The fraction of sp³-hybridized carbons (Fsp3) is 0.571. The molecule has 4 atom stereocenters. The molecule has 1 aliphatic carbocycles. The van der Waals surface area contributed by atoms with Crippen molar-refractivity contribution in [2.24, 2.45) is 0 Å². The first-order chi connectivity index (χ1) is 17.1. The molecule has 7 heteroatoms. The largest absolute Gasteiger partial charge is 0.480 e. The Morgan fingerprint density at radius 3 is 2.97 bits per heavy atom. The van der Waals surface area contributed by atoms with E-state index in [-0.39, 0.29) is 12.2 Å². The highest BCUT2D eigenvalue weighted by Gasteiger charge is 2.43.